The van der Waals surface area contributed by atoms with E-state index >= 15 is 0 Å². The second-order valence-corrected chi connectivity index (χ2v) is 3.88. The highest BCUT2D eigenvalue weighted by Gasteiger charge is 1.99. The van der Waals surface area contributed by atoms with E-state index in [0.717, 1.165) is 21.4 Å². The summed E-state index contributed by atoms with van der Waals surface area (Å²) in [6.07, 6.45) is 0. The van der Waals surface area contributed by atoms with Crippen LogP contribution in [0.4, 0.5) is 5.69 Å². The van der Waals surface area contributed by atoms with Crippen molar-refractivity contribution >= 4 is 35.0 Å². The van der Waals surface area contributed by atoms with Crippen LogP contribution in [0.25, 0.3) is 10.8 Å². The van der Waals surface area contributed by atoms with E-state index in [9.17, 15) is 4.79 Å². The molecule has 0 aliphatic carbocycles. The van der Waals surface area contributed by atoms with Crippen LogP contribution in [0.2, 0.25) is 0 Å². The molecule has 15 heavy (non-hydrogen) atoms. The first-order valence-electron chi connectivity index (χ1n) is 4.66. The number of nitrogens with one attached hydrogen (secondary N) is 1. The fourth-order valence-corrected chi connectivity index (χ4v) is 1.84. The van der Waals surface area contributed by atoms with E-state index in [-0.39, 0.29) is 5.91 Å². The summed E-state index contributed by atoms with van der Waals surface area (Å²) < 4.78 is 0. The highest BCUT2D eigenvalue weighted by molar-refractivity contribution is 7.80. The van der Waals surface area contributed by atoms with Crippen molar-refractivity contribution in [1.29, 1.82) is 0 Å². The third-order valence-electron chi connectivity index (χ3n) is 2.18. The Bertz CT molecular complexity index is 522. The van der Waals surface area contributed by atoms with Crippen molar-refractivity contribution in [2.24, 2.45) is 0 Å². The van der Waals surface area contributed by atoms with E-state index < -0.39 is 0 Å². The molecule has 0 spiro atoms. The van der Waals surface area contributed by atoms with E-state index in [2.05, 4.69) is 17.9 Å². The van der Waals surface area contributed by atoms with Crippen LogP contribution in [-0.2, 0) is 4.79 Å². The number of hydrogen-bond acceptors (Lipinski definition) is 2. The van der Waals surface area contributed by atoms with Gasteiger partial charge in [0.05, 0.1) is 0 Å². The molecular formula is C12H11NOS. The van der Waals surface area contributed by atoms with Gasteiger partial charge in [0.15, 0.2) is 0 Å². The van der Waals surface area contributed by atoms with Crippen LogP contribution >= 0.6 is 12.6 Å². The minimum atomic E-state index is -0.0589. The van der Waals surface area contributed by atoms with Crippen LogP contribution in [0.5, 0.6) is 0 Å². The molecular weight excluding hydrogens is 206 g/mol. The molecule has 0 aliphatic heterocycles. The molecule has 0 bridgehead atoms. The molecule has 2 aromatic rings. The summed E-state index contributed by atoms with van der Waals surface area (Å²) >= 11 is 4.37. The van der Waals surface area contributed by atoms with Crippen LogP contribution in [0, 0.1) is 0 Å². The summed E-state index contributed by atoms with van der Waals surface area (Å²) in [5.74, 6) is -0.0589. The van der Waals surface area contributed by atoms with Gasteiger partial charge in [0, 0.05) is 17.5 Å². The highest BCUT2D eigenvalue weighted by Crippen LogP contribution is 2.24. The Balaban J connectivity index is 2.52. The van der Waals surface area contributed by atoms with E-state index in [1.807, 2.05) is 36.4 Å². The molecule has 3 heteroatoms. The summed E-state index contributed by atoms with van der Waals surface area (Å²) in [7, 11) is 0. The average molecular weight is 217 g/mol. The SMILES string of the molecule is CC(=O)Nc1ccc2c(S)cccc2c1. The first-order chi connectivity index (χ1) is 7.16. The van der Waals surface area contributed by atoms with Gasteiger partial charge in [0.2, 0.25) is 5.91 Å². The summed E-state index contributed by atoms with van der Waals surface area (Å²) in [6.45, 7) is 1.50. The van der Waals surface area contributed by atoms with Gasteiger partial charge in [-0.15, -0.1) is 12.6 Å². The maximum Gasteiger partial charge on any atom is 0.221 e. The van der Waals surface area contributed by atoms with Crippen molar-refractivity contribution in [2.75, 3.05) is 5.32 Å². The minimum Gasteiger partial charge on any atom is -0.326 e. The quantitative estimate of drug-likeness (QED) is 0.706. The molecule has 2 aromatic carbocycles. The fourth-order valence-electron chi connectivity index (χ4n) is 1.55. The first-order valence-corrected chi connectivity index (χ1v) is 5.11. The van der Waals surface area contributed by atoms with E-state index in [1.54, 1.807) is 0 Å². The van der Waals surface area contributed by atoms with Crippen LogP contribution < -0.4 is 5.32 Å². The molecule has 0 saturated heterocycles. The third-order valence-corrected chi connectivity index (χ3v) is 2.57. The van der Waals surface area contributed by atoms with E-state index in [1.165, 1.54) is 6.92 Å². The summed E-state index contributed by atoms with van der Waals surface area (Å²) in [6, 6.07) is 11.7. The molecule has 76 valence electrons. The van der Waals surface area contributed by atoms with Gasteiger partial charge >= 0.3 is 0 Å². The van der Waals surface area contributed by atoms with Crippen molar-refractivity contribution in [2.45, 2.75) is 11.8 Å². The van der Waals surface area contributed by atoms with Gasteiger partial charge in [-0.3, -0.25) is 4.79 Å². The number of benzene rings is 2. The number of fused-ring (bicyclic) bond motifs is 1. The third kappa shape index (κ3) is 2.13. The van der Waals surface area contributed by atoms with Crippen molar-refractivity contribution < 1.29 is 4.79 Å². The Labute approximate surface area is 93.7 Å². The molecule has 0 atom stereocenters. The lowest BCUT2D eigenvalue weighted by Crippen LogP contribution is -2.05. The molecule has 0 saturated carbocycles. The smallest absolute Gasteiger partial charge is 0.221 e. The van der Waals surface area contributed by atoms with Crippen LogP contribution in [0.15, 0.2) is 41.3 Å². The Kier molecular flexibility index (Phi) is 2.64. The molecule has 0 aromatic heterocycles. The average Bonchev–Trinajstić information content (AvgIpc) is 2.17. The largest absolute Gasteiger partial charge is 0.326 e. The molecule has 2 rings (SSSR count). The van der Waals surface area contributed by atoms with Crippen LogP contribution in [0.1, 0.15) is 6.92 Å². The summed E-state index contributed by atoms with van der Waals surface area (Å²) in [5, 5.41) is 4.92. The monoisotopic (exact) mass is 217 g/mol. The van der Waals surface area contributed by atoms with E-state index in [0.29, 0.717) is 0 Å². The molecule has 0 aliphatic rings. The maximum atomic E-state index is 10.9. The molecule has 0 radical (unpaired) electrons. The molecule has 0 fully saturated rings. The Morgan fingerprint density at radius 1 is 1.27 bits per heavy atom. The van der Waals surface area contributed by atoms with Crippen LogP contribution in [-0.4, -0.2) is 5.91 Å². The minimum absolute atomic E-state index is 0.0589. The normalized spacial score (nSPS) is 10.3. The number of thiol groups is 1. The van der Waals surface area contributed by atoms with Crippen molar-refractivity contribution in [3.8, 4) is 0 Å². The standard InChI is InChI=1S/C12H11NOS/c1-8(14)13-10-5-6-11-9(7-10)3-2-4-12(11)15/h2-7,15H,1H3,(H,13,14). The number of carbonyl (C=O) groups excluding carboxylic acids is 1. The molecule has 2 nitrogen and oxygen atoms in total. The predicted octanol–water partition coefficient (Wildman–Crippen LogP) is 3.09. The zero-order valence-electron chi connectivity index (χ0n) is 8.32. The lowest BCUT2D eigenvalue weighted by atomic mass is 10.1. The maximum absolute atomic E-state index is 10.9. The molecule has 1 amide bonds. The Morgan fingerprint density at radius 2 is 2.07 bits per heavy atom. The second kappa shape index (κ2) is 3.95. The predicted molar refractivity (Wildman–Crippen MR) is 65.5 cm³/mol. The molecule has 0 unspecified atom stereocenters. The van der Waals surface area contributed by atoms with E-state index in [4.69, 9.17) is 0 Å². The van der Waals surface area contributed by atoms with Crippen molar-refractivity contribution in [3.63, 3.8) is 0 Å². The lowest BCUT2D eigenvalue weighted by Gasteiger charge is -2.05. The number of hydrogen-bond donors (Lipinski definition) is 2. The van der Waals surface area contributed by atoms with Gasteiger partial charge in [-0.1, -0.05) is 18.2 Å². The van der Waals surface area contributed by atoms with Crippen molar-refractivity contribution in [1.82, 2.24) is 0 Å². The Hall–Kier alpha value is -1.48. The van der Waals surface area contributed by atoms with Gasteiger partial charge in [0.25, 0.3) is 0 Å². The number of amides is 1. The van der Waals surface area contributed by atoms with Crippen LogP contribution in [0.3, 0.4) is 0 Å². The topological polar surface area (TPSA) is 29.1 Å². The second-order valence-electron chi connectivity index (χ2n) is 3.39. The number of carbonyl (C=O) groups is 1. The summed E-state index contributed by atoms with van der Waals surface area (Å²) in [5.41, 5.74) is 0.814. The number of anilines is 1. The highest BCUT2D eigenvalue weighted by atomic mass is 32.1. The van der Waals surface area contributed by atoms with Gasteiger partial charge in [-0.05, 0) is 29.0 Å². The van der Waals surface area contributed by atoms with Gasteiger partial charge in [-0.25, -0.2) is 0 Å². The lowest BCUT2D eigenvalue weighted by molar-refractivity contribution is -0.114. The van der Waals surface area contributed by atoms with Crippen molar-refractivity contribution in [3.05, 3.63) is 36.4 Å². The fraction of sp³-hybridized carbons (Fsp3) is 0.0833. The van der Waals surface area contributed by atoms with Gasteiger partial charge in [0.1, 0.15) is 0 Å². The first kappa shape index (κ1) is 10.1. The molecule has 0 heterocycles. The number of rotatable bonds is 1. The van der Waals surface area contributed by atoms with Gasteiger partial charge in [-0.2, -0.15) is 0 Å². The van der Waals surface area contributed by atoms with Gasteiger partial charge < -0.3 is 5.32 Å². The zero-order valence-corrected chi connectivity index (χ0v) is 9.21. The summed E-state index contributed by atoms with van der Waals surface area (Å²) in [4.78, 5) is 11.8. The molecule has 1 N–H and O–H groups in total. The zero-order chi connectivity index (χ0) is 10.8. The Morgan fingerprint density at radius 3 is 2.80 bits per heavy atom.